The zero-order chi connectivity index (χ0) is 23.8. The van der Waals surface area contributed by atoms with Gasteiger partial charge in [-0.1, -0.05) is 54.6 Å². The zero-order valence-corrected chi connectivity index (χ0v) is 19.6. The molecule has 33 heavy (non-hydrogen) atoms. The van der Waals surface area contributed by atoms with Crippen LogP contribution in [0.25, 0.3) is 0 Å². The van der Waals surface area contributed by atoms with Gasteiger partial charge >= 0.3 is 0 Å². The van der Waals surface area contributed by atoms with Gasteiger partial charge < -0.3 is 14.8 Å². The van der Waals surface area contributed by atoms with Crippen molar-refractivity contribution in [2.24, 2.45) is 0 Å². The van der Waals surface area contributed by atoms with E-state index in [-0.39, 0.29) is 11.3 Å². The average Bonchev–Trinajstić information content (AvgIpc) is 2.84. The van der Waals surface area contributed by atoms with Gasteiger partial charge in [0.05, 0.1) is 25.2 Å². The molecule has 0 aliphatic heterocycles. The van der Waals surface area contributed by atoms with Gasteiger partial charge in [0.1, 0.15) is 6.04 Å². The molecule has 3 aromatic carbocycles. The van der Waals surface area contributed by atoms with Crippen LogP contribution in [-0.4, -0.2) is 34.6 Å². The Hall–Kier alpha value is -3.36. The lowest BCUT2D eigenvalue weighted by Crippen LogP contribution is -2.48. The van der Waals surface area contributed by atoms with E-state index in [0.717, 1.165) is 11.1 Å². The van der Waals surface area contributed by atoms with Crippen molar-refractivity contribution in [3.63, 3.8) is 0 Å². The van der Waals surface area contributed by atoms with Crippen molar-refractivity contribution in [3.05, 3.63) is 90.0 Å². The molecule has 3 rings (SSSR count). The number of benzene rings is 3. The maximum absolute atomic E-state index is 13.2. The molecular weight excluding hydrogens is 440 g/mol. The first-order chi connectivity index (χ1) is 15.8. The van der Waals surface area contributed by atoms with Crippen molar-refractivity contribution >= 4 is 15.9 Å². The minimum atomic E-state index is -3.89. The van der Waals surface area contributed by atoms with Gasteiger partial charge in [0, 0.05) is 0 Å². The maximum Gasteiger partial charge on any atom is 0.241 e. The van der Waals surface area contributed by atoms with Crippen LogP contribution >= 0.6 is 0 Å². The van der Waals surface area contributed by atoms with Gasteiger partial charge in [-0.3, -0.25) is 4.79 Å². The zero-order valence-electron chi connectivity index (χ0n) is 18.8. The number of nitrogens with one attached hydrogen (secondary N) is 2. The maximum atomic E-state index is 13.2. The summed E-state index contributed by atoms with van der Waals surface area (Å²) in [4.78, 5) is 13.3. The van der Waals surface area contributed by atoms with Gasteiger partial charge in [-0.15, -0.1) is 0 Å². The molecule has 174 valence electrons. The van der Waals surface area contributed by atoms with E-state index in [4.69, 9.17) is 9.47 Å². The highest BCUT2D eigenvalue weighted by molar-refractivity contribution is 7.89. The van der Waals surface area contributed by atoms with E-state index in [0.29, 0.717) is 11.5 Å². The Kier molecular flexibility index (Phi) is 8.08. The van der Waals surface area contributed by atoms with Crippen molar-refractivity contribution in [2.45, 2.75) is 30.3 Å². The first-order valence-corrected chi connectivity index (χ1v) is 12.0. The third kappa shape index (κ3) is 6.34. The molecule has 0 aliphatic carbocycles. The first-order valence-electron chi connectivity index (χ1n) is 10.5. The van der Waals surface area contributed by atoms with E-state index in [2.05, 4.69) is 10.0 Å². The summed E-state index contributed by atoms with van der Waals surface area (Å²) >= 11 is 0. The summed E-state index contributed by atoms with van der Waals surface area (Å²) in [6.45, 7) is 1.82. The summed E-state index contributed by atoms with van der Waals surface area (Å²) in [6.07, 6.45) is 0.206. The molecule has 2 N–H and O–H groups in total. The number of hydrogen-bond acceptors (Lipinski definition) is 5. The van der Waals surface area contributed by atoms with Gasteiger partial charge in [0.25, 0.3) is 0 Å². The fourth-order valence-corrected chi connectivity index (χ4v) is 4.63. The van der Waals surface area contributed by atoms with Crippen LogP contribution in [-0.2, 0) is 21.2 Å². The molecule has 0 heterocycles. The number of carbonyl (C=O) groups is 1. The van der Waals surface area contributed by atoms with Crippen LogP contribution in [0.2, 0.25) is 0 Å². The fraction of sp³-hybridized carbons (Fsp3) is 0.240. The van der Waals surface area contributed by atoms with E-state index in [1.807, 2.05) is 43.3 Å². The number of rotatable bonds is 10. The molecule has 8 heteroatoms. The fourth-order valence-electron chi connectivity index (χ4n) is 3.41. The standard InChI is InChI=1S/C25H28N2O5S/c1-18(20-14-15-23(31-2)24(17-20)32-3)26-25(28)22(16-19-10-6-4-7-11-19)27-33(29,30)21-12-8-5-9-13-21/h4-15,17-18,22,27H,16H2,1-3H3,(H,26,28)/t18-,22+/m0/s1. The minimum Gasteiger partial charge on any atom is -0.493 e. The lowest BCUT2D eigenvalue weighted by molar-refractivity contribution is -0.123. The molecule has 7 nitrogen and oxygen atoms in total. The minimum absolute atomic E-state index is 0.101. The van der Waals surface area contributed by atoms with Crippen LogP contribution in [0.3, 0.4) is 0 Å². The average molecular weight is 469 g/mol. The number of ether oxygens (including phenoxy) is 2. The molecule has 2 atom stereocenters. The lowest BCUT2D eigenvalue weighted by Gasteiger charge is -2.22. The summed E-state index contributed by atoms with van der Waals surface area (Å²) in [5.41, 5.74) is 1.64. The third-order valence-electron chi connectivity index (χ3n) is 5.22. The van der Waals surface area contributed by atoms with Crippen LogP contribution in [0.4, 0.5) is 0 Å². The molecule has 0 fully saturated rings. The van der Waals surface area contributed by atoms with Crippen molar-refractivity contribution in [1.82, 2.24) is 10.0 Å². The Balaban J connectivity index is 1.83. The smallest absolute Gasteiger partial charge is 0.241 e. The molecule has 0 aliphatic rings. The Morgan fingerprint density at radius 1 is 0.879 bits per heavy atom. The molecule has 0 aromatic heterocycles. The quantitative estimate of drug-likeness (QED) is 0.475. The SMILES string of the molecule is COc1ccc([C@H](C)NC(=O)[C@@H](Cc2ccccc2)NS(=O)(=O)c2ccccc2)cc1OC. The molecule has 0 radical (unpaired) electrons. The van der Waals surface area contributed by atoms with Crippen LogP contribution < -0.4 is 19.5 Å². The summed E-state index contributed by atoms with van der Waals surface area (Å²) in [6, 6.07) is 21.3. The highest BCUT2D eigenvalue weighted by Gasteiger charge is 2.27. The number of methoxy groups -OCH3 is 2. The van der Waals surface area contributed by atoms with Gasteiger partial charge in [-0.25, -0.2) is 8.42 Å². The van der Waals surface area contributed by atoms with E-state index in [1.165, 1.54) is 12.1 Å². The highest BCUT2D eigenvalue weighted by Crippen LogP contribution is 2.30. The number of hydrogen-bond donors (Lipinski definition) is 2. The van der Waals surface area contributed by atoms with Gasteiger partial charge in [-0.2, -0.15) is 4.72 Å². The summed E-state index contributed by atoms with van der Waals surface area (Å²) in [7, 11) is -0.800. The van der Waals surface area contributed by atoms with Crippen molar-refractivity contribution in [1.29, 1.82) is 0 Å². The molecule has 0 bridgehead atoms. The van der Waals surface area contributed by atoms with Crippen LogP contribution in [0.5, 0.6) is 11.5 Å². The second-order valence-corrected chi connectivity index (χ2v) is 9.24. The predicted octanol–water partition coefficient (Wildman–Crippen LogP) is 3.47. The Morgan fingerprint density at radius 3 is 2.09 bits per heavy atom. The number of carbonyl (C=O) groups excluding carboxylic acids is 1. The molecule has 0 saturated heterocycles. The summed E-state index contributed by atoms with van der Waals surface area (Å²) in [5.74, 6) is 0.694. The molecule has 0 saturated carbocycles. The van der Waals surface area contributed by atoms with Crippen LogP contribution in [0.1, 0.15) is 24.1 Å². The second-order valence-electron chi connectivity index (χ2n) is 7.52. The van der Waals surface area contributed by atoms with Gasteiger partial charge in [0.2, 0.25) is 15.9 Å². The van der Waals surface area contributed by atoms with Crippen molar-refractivity contribution in [3.8, 4) is 11.5 Å². The molecule has 1 amide bonds. The Labute approximate surface area is 194 Å². The van der Waals surface area contributed by atoms with E-state index >= 15 is 0 Å². The summed E-state index contributed by atoms with van der Waals surface area (Å²) in [5, 5.41) is 2.92. The van der Waals surface area contributed by atoms with E-state index < -0.39 is 28.0 Å². The molecule has 0 spiro atoms. The predicted molar refractivity (Wildman–Crippen MR) is 127 cm³/mol. The van der Waals surface area contributed by atoms with Gasteiger partial charge in [0.15, 0.2) is 11.5 Å². The first kappa shape index (κ1) is 24.3. The van der Waals surface area contributed by atoms with Crippen LogP contribution in [0.15, 0.2) is 83.8 Å². The van der Waals surface area contributed by atoms with Crippen molar-refractivity contribution < 1.29 is 22.7 Å². The van der Waals surface area contributed by atoms with Crippen molar-refractivity contribution in [2.75, 3.05) is 14.2 Å². The highest BCUT2D eigenvalue weighted by atomic mass is 32.2. The third-order valence-corrected chi connectivity index (χ3v) is 6.70. The molecular formula is C25H28N2O5S. The summed E-state index contributed by atoms with van der Waals surface area (Å²) < 4.78 is 39.0. The number of sulfonamides is 1. The van der Waals surface area contributed by atoms with Gasteiger partial charge in [-0.05, 0) is 48.7 Å². The topological polar surface area (TPSA) is 93.7 Å². The lowest BCUT2D eigenvalue weighted by atomic mass is 10.0. The Morgan fingerprint density at radius 2 is 1.48 bits per heavy atom. The molecule has 0 unspecified atom stereocenters. The monoisotopic (exact) mass is 468 g/mol. The largest absolute Gasteiger partial charge is 0.493 e. The second kappa shape index (κ2) is 11.0. The normalized spacial score (nSPS) is 13.1. The van der Waals surface area contributed by atoms with E-state index in [9.17, 15) is 13.2 Å². The van der Waals surface area contributed by atoms with E-state index in [1.54, 1.807) is 44.6 Å². The van der Waals surface area contributed by atoms with Crippen LogP contribution in [0, 0.1) is 0 Å². The Bertz CT molecular complexity index is 1170. The number of amides is 1. The molecule has 3 aromatic rings.